The van der Waals surface area contributed by atoms with Crippen molar-refractivity contribution >= 4 is 46.2 Å². The second-order valence-corrected chi connectivity index (χ2v) is 7.18. The van der Waals surface area contributed by atoms with Crippen LogP contribution in [0.2, 0.25) is 5.02 Å². The van der Waals surface area contributed by atoms with Gasteiger partial charge in [0.25, 0.3) is 0 Å². The van der Waals surface area contributed by atoms with Crippen molar-refractivity contribution in [2.75, 3.05) is 20.7 Å². The molecule has 0 aliphatic carbocycles. The maximum absolute atomic E-state index is 13.0. The molecule has 0 unspecified atom stereocenters. The first-order chi connectivity index (χ1) is 13.9. The molecule has 150 valence electrons. The topological polar surface area (TPSA) is 51.5 Å². The Kier molecular flexibility index (Phi) is 6.39. The first-order valence-corrected chi connectivity index (χ1v) is 9.73. The number of carbonyl (C=O) groups excluding carboxylic acids is 2. The van der Waals surface area contributed by atoms with Crippen LogP contribution in [0.15, 0.2) is 54.6 Å². The Balaban J connectivity index is 2.24. The van der Waals surface area contributed by atoms with Crippen molar-refractivity contribution in [3.05, 3.63) is 70.9 Å². The average molecular weight is 411 g/mol. The second kappa shape index (κ2) is 8.97. The van der Waals surface area contributed by atoms with Gasteiger partial charge < -0.3 is 9.64 Å². The second-order valence-electron chi connectivity index (χ2n) is 6.77. The van der Waals surface area contributed by atoms with E-state index in [-0.39, 0.29) is 25.0 Å². The molecule has 0 atom stereocenters. The van der Waals surface area contributed by atoms with Crippen LogP contribution in [0.25, 0.3) is 22.6 Å². The summed E-state index contributed by atoms with van der Waals surface area (Å²) in [4.78, 5) is 26.8. The van der Waals surface area contributed by atoms with Crippen LogP contribution in [-0.4, -0.2) is 42.2 Å². The summed E-state index contributed by atoms with van der Waals surface area (Å²) >= 11 is 6.34. The Morgan fingerprint density at radius 1 is 1.10 bits per heavy atom. The van der Waals surface area contributed by atoms with Gasteiger partial charge in [-0.1, -0.05) is 48.0 Å². The number of hydrogen-bond donors (Lipinski definition) is 0. The van der Waals surface area contributed by atoms with Gasteiger partial charge in [-0.15, -0.1) is 0 Å². The SMILES string of the molecule is CCOC(=O)C/C(=C/c1ccccc1Cl)c1cc2ccccc2n1C(=O)N(C)C. The van der Waals surface area contributed by atoms with E-state index in [1.54, 1.807) is 31.7 Å². The van der Waals surface area contributed by atoms with Gasteiger partial charge in [0, 0.05) is 24.5 Å². The van der Waals surface area contributed by atoms with E-state index in [4.69, 9.17) is 16.3 Å². The molecule has 0 bridgehead atoms. The molecule has 3 aromatic rings. The van der Waals surface area contributed by atoms with E-state index in [1.807, 2.05) is 54.6 Å². The Labute approximate surface area is 175 Å². The summed E-state index contributed by atoms with van der Waals surface area (Å²) in [5, 5.41) is 1.47. The maximum atomic E-state index is 13.0. The average Bonchev–Trinajstić information content (AvgIpc) is 3.08. The minimum atomic E-state index is -0.361. The van der Waals surface area contributed by atoms with E-state index >= 15 is 0 Å². The van der Waals surface area contributed by atoms with E-state index in [1.165, 1.54) is 4.90 Å². The Morgan fingerprint density at radius 3 is 2.48 bits per heavy atom. The molecule has 6 heteroatoms. The summed E-state index contributed by atoms with van der Waals surface area (Å²) in [6, 6.07) is 16.7. The highest BCUT2D eigenvalue weighted by atomic mass is 35.5. The molecule has 0 spiro atoms. The van der Waals surface area contributed by atoms with Crippen molar-refractivity contribution in [2.24, 2.45) is 0 Å². The summed E-state index contributed by atoms with van der Waals surface area (Å²) in [6.07, 6.45) is 1.86. The van der Waals surface area contributed by atoms with E-state index < -0.39 is 0 Å². The molecule has 1 heterocycles. The molecule has 1 amide bonds. The van der Waals surface area contributed by atoms with Crippen LogP contribution in [0.3, 0.4) is 0 Å². The monoisotopic (exact) mass is 410 g/mol. The van der Waals surface area contributed by atoms with Gasteiger partial charge >= 0.3 is 12.0 Å². The molecule has 1 aromatic heterocycles. The van der Waals surface area contributed by atoms with Crippen LogP contribution < -0.4 is 0 Å². The molecule has 0 radical (unpaired) electrons. The maximum Gasteiger partial charge on any atom is 0.328 e. The van der Waals surface area contributed by atoms with Gasteiger partial charge in [0.1, 0.15) is 0 Å². The summed E-state index contributed by atoms with van der Waals surface area (Å²) in [7, 11) is 3.40. The molecule has 29 heavy (non-hydrogen) atoms. The third kappa shape index (κ3) is 4.51. The molecule has 0 fully saturated rings. The van der Waals surface area contributed by atoms with Gasteiger partial charge in [-0.2, -0.15) is 0 Å². The van der Waals surface area contributed by atoms with Gasteiger partial charge in [0.2, 0.25) is 0 Å². The number of amides is 1. The van der Waals surface area contributed by atoms with Gasteiger partial charge in [0.15, 0.2) is 0 Å². The summed E-state index contributed by atoms with van der Waals surface area (Å²) in [5.41, 5.74) is 2.83. The molecule has 3 rings (SSSR count). The van der Waals surface area contributed by atoms with E-state index in [9.17, 15) is 9.59 Å². The number of aromatic nitrogens is 1. The van der Waals surface area contributed by atoms with E-state index in [0.29, 0.717) is 16.3 Å². The first-order valence-electron chi connectivity index (χ1n) is 9.35. The standard InChI is InChI=1S/C23H23ClN2O3/c1-4-29-22(27)15-18(13-16-9-5-7-11-19(16)24)21-14-17-10-6-8-12-20(17)26(21)23(28)25(2)3/h5-14H,4,15H2,1-3H3/b18-13-. The van der Waals surface area contributed by atoms with Crippen LogP contribution in [0, 0.1) is 0 Å². The molecule has 5 nitrogen and oxygen atoms in total. The zero-order valence-electron chi connectivity index (χ0n) is 16.7. The fourth-order valence-electron chi connectivity index (χ4n) is 3.16. The molecule has 0 aliphatic heterocycles. The lowest BCUT2D eigenvalue weighted by Crippen LogP contribution is -2.28. The lowest BCUT2D eigenvalue weighted by Gasteiger charge is -2.17. The number of ether oxygens (including phenoxy) is 1. The summed E-state index contributed by atoms with van der Waals surface area (Å²) in [6.45, 7) is 2.06. The molecule has 0 saturated heterocycles. The highest BCUT2D eigenvalue weighted by Gasteiger charge is 2.21. The number of halogens is 1. The first kappa shape index (κ1) is 20.7. The zero-order chi connectivity index (χ0) is 21.0. The number of carbonyl (C=O) groups is 2. The molecule has 2 aromatic carbocycles. The number of nitrogens with zero attached hydrogens (tertiary/aromatic N) is 2. The van der Waals surface area contributed by atoms with Crippen LogP contribution >= 0.6 is 11.6 Å². The fraction of sp³-hybridized carbons (Fsp3) is 0.217. The highest BCUT2D eigenvalue weighted by molar-refractivity contribution is 6.32. The number of fused-ring (bicyclic) bond motifs is 1. The van der Waals surface area contributed by atoms with Gasteiger partial charge in [-0.3, -0.25) is 9.36 Å². The Morgan fingerprint density at radius 2 is 1.79 bits per heavy atom. The van der Waals surface area contributed by atoms with Gasteiger partial charge in [0.05, 0.1) is 24.2 Å². The fourth-order valence-corrected chi connectivity index (χ4v) is 3.35. The van der Waals surface area contributed by atoms with Crippen LogP contribution in [-0.2, 0) is 9.53 Å². The lowest BCUT2D eigenvalue weighted by molar-refractivity contribution is -0.141. The molecule has 0 N–H and O–H groups in total. The van der Waals surface area contributed by atoms with Crippen molar-refractivity contribution in [2.45, 2.75) is 13.3 Å². The van der Waals surface area contributed by atoms with Gasteiger partial charge in [-0.05, 0) is 42.3 Å². The number of benzene rings is 2. The van der Waals surface area contributed by atoms with E-state index in [2.05, 4.69) is 0 Å². The highest BCUT2D eigenvalue weighted by Crippen LogP contribution is 2.31. The van der Waals surface area contributed by atoms with Crippen molar-refractivity contribution < 1.29 is 14.3 Å². The number of para-hydroxylation sites is 1. The van der Waals surface area contributed by atoms with E-state index in [0.717, 1.165) is 16.5 Å². The van der Waals surface area contributed by atoms with Crippen molar-refractivity contribution in [1.29, 1.82) is 0 Å². The predicted octanol–water partition coefficient (Wildman–Crippen LogP) is 5.32. The quantitative estimate of drug-likeness (QED) is 0.535. The zero-order valence-corrected chi connectivity index (χ0v) is 17.4. The molecule has 0 aliphatic rings. The van der Waals surface area contributed by atoms with Crippen molar-refractivity contribution in [1.82, 2.24) is 9.47 Å². The number of esters is 1. The molecular formula is C23H23ClN2O3. The minimum Gasteiger partial charge on any atom is -0.466 e. The predicted molar refractivity (Wildman–Crippen MR) is 117 cm³/mol. The summed E-state index contributed by atoms with van der Waals surface area (Å²) in [5.74, 6) is -0.361. The third-order valence-electron chi connectivity index (χ3n) is 4.49. The lowest BCUT2D eigenvalue weighted by atomic mass is 10.0. The van der Waals surface area contributed by atoms with Gasteiger partial charge in [-0.25, -0.2) is 4.79 Å². The third-order valence-corrected chi connectivity index (χ3v) is 4.83. The van der Waals surface area contributed by atoms with Crippen molar-refractivity contribution in [3.63, 3.8) is 0 Å². The number of rotatable bonds is 5. The Hall–Kier alpha value is -3.05. The smallest absolute Gasteiger partial charge is 0.328 e. The van der Waals surface area contributed by atoms with Crippen LogP contribution in [0.1, 0.15) is 24.6 Å². The Bertz CT molecular complexity index is 1080. The largest absolute Gasteiger partial charge is 0.466 e. The normalized spacial score (nSPS) is 11.5. The summed E-state index contributed by atoms with van der Waals surface area (Å²) < 4.78 is 6.79. The molecular weight excluding hydrogens is 388 g/mol. The van der Waals surface area contributed by atoms with Crippen LogP contribution in [0.5, 0.6) is 0 Å². The number of hydrogen-bond acceptors (Lipinski definition) is 3. The van der Waals surface area contributed by atoms with Crippen molar-refractivity contribution in [3.8, 4) is 0 Å². The minimum absolute atomic E-state index is 0.0239. The molecule has 0 saturated carbocycles. The van der Waals surface area contributed by atoms with Crippen LogP contribution in [0.4, 0.5) is 4.79 Å².